The monoisotopic (exact) mass is 607 g/mol. The van der Waals surface area contributed by atoms with E-state index in [-0.39, 0.29) is 40.9 Å². The van der Waals surface area contributed by atoms with Crippen molar-refractivity contribution in [3.05, 3.63) is 93.5 Å². The predicted octanol–water partition coefficient (Wildman–Crippen LogP) is 5.72. The van der Waals surface area contributed by atoms with Crippen LogP contribution in [-0.2, 0) is 14.8 Å². The summed E-state index contributed by atoms with van der Waals surface area (Å²) in [7, 11) is -3.95. The van der Waals surface area contributed by atoms with Gasteiger partial charge in [0.15, 0.2) is 0 Å². The molecule has 2 aliphatic heterocycles. The van der Waals surface area contributed by atoms with E-state index >= 15 is 0 Å². The maximum absolute atomic E-state index is 14.9. The lowest BCUT2D eigenvalue weighted by Crippen LogP contribution is -2.54. The first-order chi connectivity index (χ1) is 19.0. The Morgan fingerprint density at radius 3 is 2.33 bits per heavy atom. The fourth-order valence-corrected chi connectivity index (χ4v) is 7.62. The number of hydrogen-bond donors (Lipinski definition) is 0. The van der Waals surface area contributed by atoms with Crippen molar-refractivity contribution in [1.82, 2.24) is 9.21 Å². The molecule has 0 saturated carbocycles. The molecule has 0 spiro atoms. The molecule has 0 bridgehead atoms. The summed E-state index contributed by atoms with van der Waals surface area (Å²) in [6.07, 6.45) is 0.209. The van der Waals surface area contributed by atoms with Crippen LogP contribution in [0.1, 0.15) is 23.5 Å². The third-order valence-corrected chi connectivity index (χ3v) is 10.1. The van der Waals surface area contributed by atoms with Crippen LogP contribution in [-0.4, -0.2) is 62.8 Å². The van der Waals surface area contributed by atoms with E-state index in [4.69, 9.17) is 23.2 Å². The minimum Gasteiger partial charge on any atom is -0.368 e. The molecule has 3 aromatic rings. The van der Waals surface area contributed by atoms with E-state index in [0.29, 0.717) is 31.2 Å². The number of piperidine rings is 1. The molecule has 0 aliphatic carbocycles. The lowest BCUT2D eigenvalue weighted by atomic mass is 9.80. The number of benzene rings is 3. The average Bonchev–Trinajstić information content (AvgIpc) is 2.94. The first kappa shape index (κ1) is 28.8. The summed E-state index contributed by atoms with van der Waals surface area (Å²) in [4.78, 5) is 17.9. The third-order valence-electron chi connectivity index (χ3n) is 7.79. The van der Waals surface area contributed by atoms with Crippen LogP contribution in [0.2, 0.25) is 10.0 Å². The second kappa shape index (κ2) is 11.6. The summed E-state index contributed by atoms with van der Waals surface area (Å²) in [5.74, 6) is -3.15. The van der Waals surface area contributed by atoms with Crippen LogP contribution in [0.25, 0.3) is 0 Å². The third kappa shape index (κ3) is 5.84. The molecule has 212 valence electrons. The summed E-state index contributed by atoms with van der Waals surface area (Å²) >= 11 is 12.3. The Kier molecular flexibility index (Phi) is 8.38. The molecular formula is C29H29Cl2F2N3O3S. The highest BCUT2D eigenvalue weighted by Gasteiger charge is 2.42. The highest BCUT2D eigenvalue weighted by Crippen LogP contribution is 2.38. The Morgan fingerprint density at radius 1 is 0.900 bits per heavy atom. The number of rotatable bonds is 5. The molecule has 0 N–H and O–H groups in total. The van der Waals surface area contributed by atoms with Crippen molar-refractivity contribution in [2.45, 2.75) is 24.2 Å². The number of carbonyl (C=O) groups excluding carboxylic acids is 1. The van der Waals surface area contributed by atoms with Crippen molar-refractivity contribution in [3.8, 4) is 0 Å². The quantitative estimate of drug-likeness (QED) is 0.372. The van der Waals surface area contributed by atoms with Crippen molar-refractivity contribution in [2.24, 2.45) is 5.92 Å². The second-order valence-corrected chi connectivity index (χ2v) is 13.0. The van der Waals surface area contributed by atoms with E-state index in [2.05, 4.69) is 4.90 Å². The van der Waals surface area contributed by atoms with Gasteiger partial charge in [0.2, 0.25) is 15.9 Å². The lowest BCUT2D eigenvalue weighted by molar-refractivity contribution is -0.137. The van der Waals surface area contributed by atoms with Gasteiger partial charge in [-0.05, 0) is 60.9 Å². The molecule has 0 unspecified atom stereocenters. The molecule has 40 heavy (non-hydrogen) atoms. The van der Waals surface area contributed by atoms with Crippen LogP contribution in [0.15, 0.2) is 65.6 Å². The first-order valence-electron chi connectivity index (χ1n) is 13.0. The molecule has 2 aliphatic rings. The van der Waals surface area contributed by atoms with E-state index < -0.39 is 33.5 Å². The number of nitrogens with zero attached hydrogens (tertiary/aromatic N) is 3. The molecule has 0 aromatic heterocycles. The van der Waals surface area contributed by atoms with Crippen LogP contribution >= 0.6 is 23.2 Å². The number of piperazine rings is 1. The summed E-state index contributed by atoms with van der Waals surface area (Å²) in [5.41, 5.74) is 2.29. The minimum absolute atomic E-state index is 0.0307. The largest absolute Gasteiger partial charge is 0.368 e. The van der Waals surface area contributed by atoms with Crippen LogP contribution in [0, 0.1) is 24.5 Å². The number of aryl methyl sites for hydroxylation is 1. The molecule has 1 amide bonds. The standard InChI is InChI=1S/C29H29Cl2F2N3O3S/c1-19-5-6-21(31)16-28(19)34-11-13-35(14-12-34)29(37)26-18-36(40(38,39)23-4-2-3-20(30)15-23)10-9-24(26)25-8-7-22(32)17-27(25)33/h2-8,15-17,24,26H,9-14,18H2,1H3/t24-,26+/m1/s1. The predicted molar refractivity (Wildman–Crippen MR) is 152 cm³/mol. The van der Waals surface area contributed by atoms with Crippen LogP contribution in [0.4, 0.5) is 14.5 Å². The Morgan fingerprint density at radius 2 is 1.62 bits per heavy atom. The number of carbonyl (C=O) groups is 1. The number of halogens is 4. The van der Waals surface area contributed by atoms with E-state index in [0.717, 1.165) is 17.3 Å². The summed E-state index contributed by atoms with van der Waals surface area (Å²) in [5, 5.41) is 0.913. The molecule has 0 radical (unpaired) electrons. The maximum Gasteiger partial charge on any atom is 0.243 e. The van der Waals surface area contributed by atoms with Crippen molar-refractivity contribution in [1.29, 1.82) is 0 Å². The van der Waals surface area contributed by atoms with E-state index in [1.807, 2.05) is 25.1 Å². The lowest BCUT2D eigenvalue weighted by Gasteiger charge is -2.42. The molecule has 2 fully saturated rings. The maximum atomic E-state index is 14.9. The van der Waals surface area contributed by atoms with Gasteiger partial charge in [-0.1, -0.05) is 41.4 Å². The van der Waals surface area contributed by atoms with Gasteiger partial charge in [-0.15, -0.1) is 0 Å². The zero-order chi connectivity index (χ0) is 28.6. The van der Waals surface area contributed by atoms with Gasteiger partial charge in [-0.2, -0.15) is 4.31 Å². The Bertz CT molecular complexity index is 1530. The molecule has 2 heterocycles. The van der Waals surface area contributed by atoms with Crippen molar-refractivity contribution < 1.29 is 22.0 Å². The Hall–Kier alpha value is -2.72. The molecular weight excluding hydrogens is 579 g/mol. The zero-order valence-corrected chi connectivity index (χ0v) is 24.2. The molecule has 11 heteroatoms. The number of hydrogen-bond acceptors (Lipinski definition) is 4. The van der Waals surface area contributed by atoms with Gasteiger partial charge in [-0.25, -0.2) is 17.2 Å². The SMILES string of the molecule is Cc1ccc(Cl)cc1N1CCN(C(=O)[C@H]2CN(S(=O)(=O)c3cccc(Cl)c3)CC[C@@H]2c2ccc(F)cc2F)CC1. The first-order valence-corrected chi connectivity index (χ1v) is 15.2. The van der Waals surface area contributed by atoms with Gasteiger partial charge in [-0.3, -0.25) is 4.79 Å². The highest BCUT2D eigenvalue weighted by molar-refractivity contribution is 7.89. The highest BCUT2D eigenvalue weighted by atomic mass is 35.5. The van der Waals surface area contributed by atoms with Gasteiger partial charge >= 0.3 is 0 Å². The zero-order valence-electron chi connectivity index (χ0n) is 21.9. The van der Waals surface area contributed by atoms with Gasteiger partial charge in [0.1, 0.15) is 11.6 Å². The van der Waals surface area contributed by atoms with Crippen LogP contribution in [0.5, 0.6) is 0 Å². The van der Waals surface area contributed by atoms with Gasteiger partial charge in [0.25, 0.3) is 0 Å². The van der Waals surface area contributed by atoms with Gasteiger partial charge in [0, 0.05) is 67.0 Å². The van der Waals surface area contributed by atoms with E-state index in [1.165, 1.54) is 28.6 Å². The summed E-state index contributed by atoms with van der Waals surface area (Å²) in [6.45, 7) is 3.94. The van der Waals surface area contributed by atoms with Crippen molar-refractivity contribution in [2.75, 3.05) is 44.2 Å². The van der Waals surface area contributed by atoms with Crippen LogP contribution in [0.3, 0.4) is 0 Å². The fraction of sp³-hybridized carbons (Fsp3) is 0.345. The Labute approximate surface area is 243 Å². The smallest absolute Gasteiger partial charge is 0.243 e. The molecule has 6 nitrogen and oxygen atoms in total. The molecule has 3 aromatic carbocycles. The molecule has 5 rings (SSSR count). The summed E-state index contributed by atoms with van der Waals surface area (Å²) < 4.78 is 56.9. The normalized spacial score (nSPS) is 20.5. The number of sulfonamides is 1. The topological polar surface area (TPSA) is 60.9 Å². The van der Waals surface area contributed by atoms with Crippen molar-refractivity contribution in [3.63, 3.8) is 0 Å². The fourth-order valence-electron chi connectivity index (χ4n) is 5.67. The summed E-state index contributed by atoms with van der Waals surface area (Å²) in [6, 6.07) is 15.0. The Balaban J connectivity index is 1.40. The average molecular weight is 609 g/mol. The van der Waals surface area contributed by atoms with Crippen molar-refractivity contribution >= 4 is 44.8 Å². The number of anilines is 1. The second-order valence-electron chi connectivity index (χ2n) is 10.2. The van der Waals surface area contributed by atoms with Gasteiger partial charge < -0.3 is 9.80 Å². The number of amides is 1. The van der Waals surface area contributed by atoms with E-state index in [9.17, 15) is 22.0 Å². The molecule has 2 atom stereocenters. The van der Waals surface area contributed by atoms with E-state index in [1.54, 1.807) is 17.0 Å². The minimum atomic E-state index is -3.95. The van der Waals surface area contributed by atoms with Gasteiger partial charge in [0.05, 0.1) is 10.8 Å². The van der Waals surface area contributed by atoms with Crippen LogP contribution < -0.4 is 4.90 Å². The molecule has 2 saturated heterocycles.